The van der Waals surface area contributed by atoms with Crippen molar-refractivity contribution < 1.29 is 4.79 Å². The molecule has 1 amide bonds. The van der Waals surface area contributed by atoms with E-state index in [0.717, 1.165) is 37.2 Å². The Morgan fingerprint density at radius 3 is 2.42 bits per heavy atom. The van der Waals surface area contributed by atoms with Gasteiger partial charge in [0, 0.05) is 37.6 Å². The first-order chi connectivity index (χ1) is 16.2. The second kappa shape index (κ2) is 9.21. The van der Waals surface area contributed by atoms with E-state index in [4.69, 9.17) is 11.0 Å². The van der Waals surface area contributed by atoms with Crippen molar-refractivity contribution in [1.29, 1.82) is 5.26 Å². The first-order valence-corrected chi connectivity index (χ1v) is 11.8. The van der Waals surface area contributed by atoms with Crippen LogP contribution in [0.25, 0.3) is 5.69 Å². The van der Waals surface area contributed by atoms with Gasteiger partial charge in [0.2, 0.25) is 0 Å². The molecule has 1 aliphatic carbocycles. The summed E-state index contributed by atoms with van der Waals surface area (Å²) in [6.45, 7) is 1.79. The van der Waals surface area contributed by atoms with Crippen molar-refractivity contribution in [3.63, 3.8) is 0 Å². The summed E-state index contributed by atoms with van der Waals surface area (Å²) in [5.74, 6) is 1.01. The number of aromatic nitrogens is 2. The normalized spacial score (nSPS) is 16.9. The number of likely N-dealkylation sites (tertiary alicyclic amines) is 1. The van der Waals surface area contributed by atoms with E-state index < -0.39 is 0 Å². The molecule has 0 atom stereocenters. The molecule has 1 saturated heterocycles. The van der Waals surface area contributed by atoms with E-state index in [0.29, 0.717) is 29.5 Å². The van der Waals surface area contributed by atoms with Gasteiger partial charge in [-0.25, -0.2) is 4.98 Å². The van der Waals surface area contributed by atoms with Crippen LogP contribution in [0, 0.1) is 11.3 Å². The van der Waals surface area contributed by atoms with Gasteiger partial charge in [-0.1, -0.05) is 24.6 Å². The number of nitrogens with two attached hydrogens (primary N) is 1. The van der Waals surface area contributed by atoms with Crippen LogP contribution in [0.4, 0.5) is 0 Å². The summed E-state index contributed by atoms with van der Waals surface area (Å²) in [5, 5.41) is 9.02. The molecular weight excluding hydrogens is 410 g/mol. The molecule has 2 aromatic carbocycles. The Bertz CT molecular complexity index is 1160. The molecule has 2 N–H and O–H groups in total. The minimum absolute atomic E-state index is 0.0650. The van der Waals surface area contributed by atoms with Crippen molar-refractivity contribution in [2.24, 2.45) is 5.73 Å². The zero-order valence-electron chi connectivity index (χ0n) is 18.8. The van der Waals surface area contributed by atoms with Crippen LogP contribution in [0.2, 0.25) is 0 Å². The molecule has 168 valence electrons. The maximum Gasteiger partial charge on any atom is 0.254 e. The van der Waals surface area contributed by atoms with E-state index in [9.17, 15) is 4.79 Å². The third-order valence-electron chi connectivity index (χ3n) is 7.32. The number of nitrogens with zero attached hydrogens (tertiary/aromatic N) is 4. The van der Waals surface area contributed by atoms with Gasteiger partial charge in [-0.3, -0.25) is 4.79 Å². The number of hydrogen-bond donors (Lipinski definition) is 1. The summed E-state index contributed by atoms with van der Waals surface area (Å²) < 4.78 is 2.02. The summed E-state index contributed by atoms with van der Waals surface area (Å²) in [7, 11) is 0. The number of amides is 1. The van der Waals surface area contributed by atoms with E-state index in [-0.39, 0.29) is 5.91 Å². The van der Waals surface area contributed by atoms with Crippen LogP contribution in [0.1, 0.15) is 76.6 Å². The number of nitriles is 1. The number of piperidine rings is 1. The predicted octanol–water partition coefficient (Wildman–Crippen LogP) is 4.49. The minimum Gasteiger partial charge on any atom is -0.339 e. The fraction of sp³-hybridized carbons (Fsp3) is 0.370. The second-order valence-electron chi connectivity index (χ2n) is 9.17. The van der Waals surface area contributed by atoms with Crippen molar-refractivity contribution in [1.82, 2.24) is 14.5 Å². The highest BCUT2D eigenvalue weighted by Crippen LogP contribution is 2.40. The number of carbonyl (C=O) groups is 1. The lowest BCUT2D eigenvalue weighted by atomic mass is 9.78. The number of carbonyl (C=O) groups excluding carboxylic acids is 1. The van der Waals surface area contributed by atoms with E-state index in [1.807, 2.05) is 46.0 Å². The van der Waals surface area contributed by atoms with Gasteiger partial charge in [0.15, 0.2) is 0 Å². The Morgan fingerprint density at radius 1 is 1.09 bits per heavy atom. The molecule has 2 fully saturated rings. The Kier molecular flexibility index (Phi) is 5.97. The van der Waals surface area contributed by atoms with Crippen LogP contribution in [0.5, 0.6) is 0 Å². The van der Waals surface area contributed by atoms with Gasteiger partial charge in [-0.05, 0) is 72.4 Å². The number of imidazole rings is 1. The molecule has 0 unspecified atom stereocenters. The highest BCUT2D eigenvalue weighted by molar-refractivity contribution is 5.96. The van der Waals surface area contributed by atoms with Crippen molar-refractivity contribution in [2.75, 3.05) is 13.1 Å². The first kappa shape index (κ1) is 21.4. The highest BCUT2D eigenvalue weighted by Gasteiger charge is 2.29. The van der Waals surface area contributed by atoms with Crippen molar-refractivity contribution in [3.8, 4) is 11.8 Å². The van der Waals surface area contributed by atoms with Crippen LogP contribution in [-0.2, 0) is 6.54 Å². The van der Waals surface area contributed by atoms with Gasteiger partial charge in [0.25, 0.3) is 5.91 Å². The van der Waals surface area contributed by atoms with Gasteiger partial charge in [-0.15, -0.1) is 0 Å². The first-order valence-electron chi connectivity index (χ1n) is 11.8. The molecule has 0 radical (unpaired) electrons. The van der Waals surface area contributed by atoms with E-state index in [1.165, 1.54) is 30.4 Å². The maximum absolute atomic E-state index is 13.6. The molecule has 0 spiro atoms. The number of benzene rings is 2. The summed E-state index contributed by atoms with van der Waals surface area (Å²) >= 11 is 0. The third-order valence-corrected chi connectivity index (χ3v) is 7.32. The largest absolute Gasteiger partial charge is 0.339 e. The Balaban J connectivity index is 1.38. The smallest absolute Gasteiger partial charge is 0.254 e. The van der Waals surface area contributed by atoms with Gasteiger partial charge in [-0.2, -0.15) is 5.26 Å². The molecule has 5 rings (SSSR count). The Morgan fingerprint density at radius 2 is 1.85 bits per heavy atom. The molecular formula is C27H29N5O. The highest BCUT2D eigenvalue weighted by atomic mass is 16.2. The minimum atomic E-state index is 0.0650. The van der Waals surface area contributed by atoms with Gasteiger partial charge < -0.3 is 15.2 Å². The predicted molar refractivity (Wildman–Crippen MR) is 127 cm³/mol. The van der Waals surface area contributed by atoms with E-state index >= 15 is 0 Å². The second-order valence-corrected chi connectivity index (χ2v) is 9.17. The lowest BCUT2D eigenvalue weighted by Crippen LogP contribution is -2.38. The molecule has 1 saturated carbocycles. The average Bonchev–Trinajstić information content (AvgIpc) is 3.37. The van der Waals surface area contributed by atoms with Gasteiger partial charge in [0.1, 0.15) is 0 Å². The van der Waals surface area contributed by atoms with E-state index in [1.54, 1.807) is 12.5 Å². The fourth-order valence-electron chi connectivity index (χ4n) is 5.11. The van der Waals surface area contributed by atoms with Gasteiger partial charge >= 0.3 is 0 Å². The third kappa shape index (κ3) is 4.17. The SMILES string of the molecule is N#Cc1ccc(C2CCN(C(=O)c3cc(-n4ccnc4)c(C4CCC4)cc3CN)CC2)cc1. The van der Waals surface area contributed by atoms with E-state index in [2.05, 4.69) is 17.1 Å². The van der Waals surface area contributed by atoms with Crippen LogP contribution in [0.3, 0.4) is 0 Å². The summed E-state index contributed by atoms with van der Waals surface area (Å²) in [5.41, 5.74) is 12.0. The lowest BCUT2D eigenvalue weighted by molar-refractivity contribution is 0.0712. The molecule has 33 heavy (non-hydrogen) atoms. The Labute approximate surface area is 194 Å². The van der Waals surface area contributed by atoms with Crippen LogP contribution in [-0.4, -0.2) is 33.4 Å². The monoisotopic (exact) mass is 439 g/mol. The zero-order valence-corrected chi connectivity index (χ0v) is 18.8. The van der Waals surface area contributed by atoms with Crippen LogP contribution < -0.4 is 5.73 Å². The molecule has 0 bridgehead atoms. The molecule has 1 aliphatic heterocycles. The summed E-state index contributed by atoms with van der Waals surface area (Å²) in [6, 6.07) is 14.2. The lowest BCUT2D eigenvalue weighted by Gasteiger charge is -2.33. The van der Waals surface area contributed by atoms with Crippen LogP contribution in [0.15, 0.2) is 55.1 Å². The van der Waals surface area contributed by atoms with Crippen molar-refractivity contribution >= 4 is 5.91 Å². The molecule has 2 heterocycles. The zero-order chi connectivity index (χ0) is 22.8. The molecule has 6 heteroatoms. The maximum atomic E-state index is 13.6. The summed E-state index contributed by atoms with van der Waals surface area (Å²) in [4.78, 5) is 19.8. The quantitative estimate of drug-likeness (QED) is 0.634. The topological polar surface area (TPSA) is 87.9 Å². The van der Waals surface area contributed by atoms with Crippen molar-refractivity contribution in [2.45, 2.75) is 50.5 Å². The summed E-state index contributed by atoms with van der Waals surface area (Å²) in [6.07, 6.45) is 11.0. The Hall–Kier alpha value is -3.43. The number of hydrogen-bond acceptors (Lipinski definition) is 4. The molecule has 3 aromatic rings. The fourth-order valence-corrected chi connectivity index (χ4v) is 5.11. The molecule has 6 nitrogen and oxygen atoms in total. The average molecular weight is 440 g/mol. The van der Waals surface area contributed by atoms with Crippen LogP contribution >= 0.6 is 0 Å². The molecule has 1 aromatic heterocycles. The van der Waals surface area contributed by atoms with Gasteiger partial charge in [0.05, 0.1) is 23.6 Å². The standard InChI is InChI=1S/C27H29N5O/c28-16-19-4-6-20(7-5-19)21-8-11-31(12-9-21)27(33)25-15-26(32-13-10-30-18-32)24(14-23(25)17-29)22-2-1-3-22/h4-7,10,13-15,18,21-22H,1-3,8-9,11-12,17,29H2. The number of rotatable bonds is 5. The van der Waals surface area contributed by atoms with Crippen molar-refractivity contribution in [3.05, 3.63) is 82.9 Å². The molecule has 2 aliphatic rings.